The number of benzene rings is 2. The number of amides is 1. The molecule has 0 spiro atoms. The maximum atomic E-state index is 14.0. The monoisotopic (exact) mass is 383 g/mol. The zero-order chi connectivity index (χ0) is 19.7. The second kappa shape index (κ2) is 7.40. The fourth-order valence-corrected chi connectivity index (χ4v) is 3.42. The van der Waals surface area contributed by atoms with Crippen LogP contribution in [0, 0.1) is 11.6 Å². The van der Waals surface area contributed by atoms with Gasteiger partial charge in [0.15, 0.2) is 0 Å². The molecule has 1 aliphatic heterocycles. The molecule has 0 aliphatic carbocycles. The third-order valence-electron chi connectivity index (χ3n) is 4.78. The van der Waals surface area contributed by atoms with Crippen molar-refractivity contribution >= 4 is 23.0 Å². The first-order valence-corrected chi connectivity index (χ1v) is 8.90. The van der Waals surface area contributed by atoms with Crippen LogP contribution < -0.4 is 15.5 Å². The normalized spacial score (nSPS) is 14.7. The first kappa shape index (κ1) is 18.1. The minimum Gasteiger partial charge on any atom is -0.348 e. The Hall–Kier alpha value is -3.26. The van der Waals surface area contributed by atoms with Crippen molar-refractivity contribution in [1.82, 2.24) is 9.97 Å². The highest BCUT2D eigenvalue weighted by molar-refractivity contribution is 6.01. The first-order chi connectivity index (χ1) is 13.5. The summed E-state index contributed by atoms with van der Waals surface area (Å²) in [4.78, 5) is 23.3. The number of imidazole rings is 1. The molecule has 1 unspecified atom stereocenters. The van der Waals surface area contributed by atoms with Gasteiger partial charge in [0.05, 0.1) is 23.7 Å². The molecule has 4 rings (SSSR count). The zero-order valence-electron chi connectivity index (χ0n) is 15.0. The van der Waals surface area contributed by atoms with Gasteiger partial charge < -0.3 is 20.5 Å². The smallest absolute Gasteiger partial charge is 0.244 e. The first-order valence-electron chi connectivity index (χ1n) is 8.90. The predicted octanol–water partition coefficient (Wildman–Crippen LogP) is 2.74. The minimum absolute atomic E-state index is 0.249. The molecule has 0 saturated heterocycles. The minimum atomic E-state index is -0.754. The van der Waals surface area contributed by atoms with Gasteiger partial charge in [0.1, 0.15) is 11.6 Å². The van der Waals surface area contributed by atoms with E-state index in [4.69, 9.17) is 5.73 Å². The maximum Gasteiger partial charge on any atom is 0.244 e. The quantitative estimate of drug-likeness (QED) is 0.726. The van der Waals surface area contributed by atoms with Crippen LogP contribution in [0.5, 0.6) is 0 Å². The lowest BCUT2D eigenvalue weighted by molar-refractivity contribution is -0.119. The van der Waals surface area contributed by atoms with Crippen LogP contribution in [0.2, 0.25) is 0 Å². The molecule has 6 nitrogen and oxygen atoms in total. The lowest BCUT2D eigenvalue weighted by Crippen LogP contribution is -2.50. The fraction of sp³-hybridized carbons (Fsp3) is 0.200. The molecule has 2 aromatic carbocycles. The Morgan fingerprint density at radius 3 is 2.57 bits per heavy atom. The number of nitrogens with zero attached hydrogens (tertiary/aromatic N) is 3. The molecule has 3 aromatic rings. The van der Waals surface area contributed by atoms with Crippen LogP contribution in [0.25, 0.3) is 0 Å². The SMILES string of the molecule is NC(Cc1cnc[nH]1)C(=O)N1CCN(c2ccc(F)cc2)c2cc(F)ccc21. The van der Waals surface area contributed by atoms with Gasteiger partial charge >= 0.3 is 0 Å². The van der Waals surface area contributed by atoms with E-state index < -0.39 is 11.9 Å². The van der Waals surface area contributed by atoms with Crippen molar-refractivity contribution in [3.05, 3.63) is 72.3 Å². The molecule has 1 aliphatic rings. The topological polar surface area (TPSA) is 78.2 Å². The lowest BCUT2D eigenvalue weighted by atomic mass is 10.1. The molecule has 1 aromatic heterocycles. The molecule has 1 amide bonds. The van der Waals surface area contributed by atoms with Crippen molar-refractivity contribution in [3.8, 4) is 0 Å². The zero-order valence-corrected chi connectivity index (χ0v) is 15.0. The second-order valence-corrected chi connectivity index (χ2v) is 6.64. The van der Waals surface area contributed by atoms with E-state index in [-0.39, 0.29) is 11.7 Å². The van der Waals surface area contributed by atoms with Gasteiger partial charge in [0.2, 0.25) is 5.91 Å². The number of carbonyl (C=O) groups excluding carboxylic acids is 1. The highest BCUT2D eigenvalue weighted by Gasteiger charge is 2.31. The molecule has 0 bridgehead atoms. The second-order valence-electron chi connectivity index (χ2n) is 6.64. The van der Waals surface area contributed by atoms with Crippen LogP contribution in [-0.4, -0.2) is 35.0 Å². The highest BCUT2D eigenvalue weighted by atomic mass is 19.1. The van der Waals surface area contributed by atoms with Gasteiger partial charge in [-0.25, -0.2) is 13.8 Å². The number of halogens is 2. The van der Waals surface area contributed by atoms with Crippen molar-refractivity contribution in [2.24, 2.45) is 5.73 Å². The number of carbonyl (C=O) groups is 1. The van der Waals surface area contributed by atoms with Crippen LogP contribution >= 0.6 is 0 Å². The third kappa shape index (κ3) is 3.46. The molecule has 0 fully saturated rings. The van der Waals surface area contributed by atoms with Gasteiger partial charge in [-0.15, -0.1) is 0 Å². The molecule has 0 radical (unpaired) electrons. The molecule has 8 heteroatoms. The maximum absolute atomic E-state index is 14.0. The Morgan fingerprint density at radius 1 is 1.11 bits per heavy atom. The number of aromatic nitrogens is 2. The number of fused-ring (bicyclic) bond motifs is 1. The number of nitrogens with two attached hydrogens (primary N) is 1. The van der Waals surface area contributed by atoms with E-state index >= 15 is 0 Å². The Labute approximate surface area is 160 Å². The summed E-state index contributed by atoms with van der Waals surface area (Å²) in [6, 6.07) is 9.47. The average molecular weight is 383 g/mol. The molecular formula is C20H19F2N5O. The van der Waals surface area contributed by atoms with Gasteiger partial charge in [-0.3, -0.25) is 4.79 Å². The number of rotatable bonds is 4. The summed E-state index contributed by atoms with van der Waals surface area (Å²) in [7, 11) is 0. The summed E-state index contributed by atoms with van der Waals surface area (Å²) in [6.45, 7) is 0.816. The molecule has 144 valence electrons. The number of anilines is 3. The molecule has 28 heavy (non-hydrogen) atoms. The Kier molecular flexibility index (Phi) is 4.79. The fourth-order valence-electron chi connectivity index (χ4n) is 3.42. The molecule has 0 saturated carbocycles. The van der Waals surface area contributed by atoms with Crippen LogP contribution in [0.1, 0.15) is 5.69 Å². The highest BCUT2D eigenvalue weighted by Crippen LogP contribution is 2.38. The number of nitrogens with one attached hydrogen (secondary N) is 1. The number of aromatic amines is 1. The number of hydrogen-bond acceptors (Lipinski definition) is 4. The summed E-state index contributed by atoms with van der Waals surface area (Å²) in [6.07, 6.45) is 3.49. The number of H-pyrrole nitrogens is 1. The van der Waals surface area contributed by atoms with E-state index in [2.05, 4.69) is 9.97 Å². The standard InChI is InChI=1S/C20H19F2N5O/c21-13-1-4-16(5-2-13)26-7-8-27(18-6-3-14(22)9-19(18)26)20(28)17(23)10-15-11-24-12-25-15/h1-6,9,11-12,17H,7-8,10,23H2,(H,24,25). The average Bonchev–Trinajstić information content (AvgIpc) is 3.20. The van der Waals surface area contributed by atoms with Crippen molar-refractivity contribution in [2.75, 3.05) is 22.9 Å². The summed E-state index contributed by atoms with van der Waals surface area (Å²) in [5, 5.41) is 0. The summed E-state index contributed by atoms with van der Waals surface area (Å²) in [5.74, 6) is -1.01. The summed E-state index contributed by atoms with van der Waals surface area (Å²) < 4.78 is 27.2. The van der Waals surface area contributed by atoms with Crippen molar-refractivity contribution in [3.63, 3.8) is 0 Å². The van der Waals surface area contributed by atoms with Crippen LogP contribution in [0.15, 0.2) is 55.0 Å². The Balaban J connectivity index is 1.64. The summed E-state index contributed by atoms with van der Waals surface area (Å²) in [5.41, 5.74) is 8.73. The van der Waals surface area contributed by atoms with Crippen LogP contribution in [0.3, 0.4) is 0 Å². The predicted molar refractivity (Wildman–Crippen MR) is 102 cm³/mol. The third-order valence-corrected chi connectivity index (χ3v) is 4.78. The van der Waals surface area contributed by atoms with E-state index in [1.807, 2.05) is 4.90 Å². The van der Waals surface area contributed by atoms with E-state index in [1.165, 1.54) is 30.6 Å². The van der Waals surface area contributed by atoms with E-state index in [1.54, 1.807) is 29.3 Å². The van der Waals surface area contributed by atoms with Gasteiger partial charge in [0, 0.05) is 37.1 Å². The molecule has 3 N–H and O–H groups in total. The van der Waals surface area contributed by atoms with Gasteiger partial charge in [-0.05, 0) is 42.5 Å². The van der Waals surface area contributed by atoms with E-state index in [9.17, 15) is 13.6 Å². The Bertz CT molecular complexity index is 975. The van der Waals surface area contributed by atoms with Crippen molar-refractivity contribution < 1.29 is 13.6 Å². The van der Waals surface area contributed by atoms with E-state index in [0.29, 0.717) is 30.9 Å². The van der Waals surface area contributed by atoms with Crippen molar-refractivity contribution in [2.45, 2.75) is 12.5 Å². The summed E-state index contributed by atoms with van der Waals surface area (Å²) >= 11 is 0. The van der Waals surface area contributed by atoms with Gasteiger partial charge in [0.25, 0.3) is 0 Å². The Morgan fingerprint density at radius 2 is 1.86 bits per heavy atom. The van der Waals surface area contributed by atoms with E-state index in [0.717, 1.165) is 11.4 Å². The molecule has 1 atom stereocenters. The molecule has 2 heterocycles. The van der Waals surface area contributed by atoms with Crippen molar-refractivity contribution in [1.29, 1.82) is 0 Å². The molecular weight excluding hydrogens is 364 g/mol. The van der Waals surface area contributed by atoms with Gasteiger partial charge in [-0.2, -0.15) is 0 Å². The van der Waals surface area contributed by atoms with Gasteiger partial charge in [-0.1, -0.05) is 0 Å². The lowest BCUT2D eigenvalue weighted by Gasteiger charge is -2.38. The van der Waals surface area contributed by atoms with Crippen LogP contribution in [0.4, 0.5) is 25.8 Å². The largest absolute Gasteiger partial charge is 0.348 e. The number of hydrogen-bond donors (Lipinski definition) is 2. The van der Waals surface area contributed by atoms with Crippen LogP contribution in [-0.2, 0) is 11.2 Å².